The van der Waals surface area contributed by atoms with Gasteiger partial charge in [-0.05, 0) is 37.6 Å². The molecule has 3 atom stereocenters. The number of amides is 3. The SMILES string of the molecule is CC1(C)S[C@@H]2C(NC(=O)Cc3ccccc3N(C(=O)c3ccco3)S(N)(=O)=O)C(=O)N2[C@H]1C(=O)O. The standard InChI is InChI=1S/C21H22N4O8S2/c1-21(2)16(20(29)30)24-18(28)15(19(24)34-21)23-14(26)10-11-6-3-4-7-12(11)25(35(22,31)32)17(27)13-8-5-9-33-13/h3-9,15-16,19H,10H2,1-2H3,(H,23,26)(H,29,30)(H2,22,31,32)/t15?,16-,19+/m0/s1. The summed E-state index contributed by atoms with van der Waals surface area (Å²) in [4.78, 5) is 51.2. The predicted octanol–water partition coefficient (Wildman–Crippen LogP) is 0.304. The fraction of sp³-hybridized carbons (Fsp3) is 0.333. The number of carboxylic acids is 1. The number of hydrogen-bond acceptors (Lipinski definition) is 8. The van der Waals surface area contributed by atoms with E-state index in [1.807, 2.05) is 0 Å². The lowest BCUT2D eigenvalue weighted by atomic mass is 9.96. The van der Waals surface area contributed by atoms with E-state index in [0.29, 0.717) is 4.31 Å². The highest BCUT2D eigenvalue weighted by atomic mass is 32.2. The Morgan fingerprint density at radius 3 is 2.51 bits per heavy atom. The summed E-state index contributed by atoms with van der Waals surface area (Å²) in [5.41, 5.74) is 0.0146. The molecule has 35 heavy (non-hydrogen) atoms. The molecule has 186 valence electrons. The Hall–Kier alpha value is -3.36. The van der Waals surface area contributed by atoms with Crippen LogP contribution >= 0.6 is 11.8 Å². The number of fused-ring (bicyclic) bond motifs is 1. The Morgan fingerprint density at radius 2 is 1.91 bits per heavy atom. The first-order valence-corrected chi connectivity index (χ1v) is 12.7. The molecule has 4 N–H and O–H groups in total. The molecular weight excluding hydrogens is 500 g/mol. The van der Waals surface area contributed by atoms with Crippen LogP contribution < -0.4 is 14.8 Å². The number of para-hydroxylation sites is 1. The van der Waals surface area contributed by atoms with Crippen LogP contribution in [0.1, 0.15) is 30.0 Å². The minimum Gasteiger partial charge on any atom is -0.480 e. The van der Waals surface area contributed by atoms with E-state index in [0.717, 1.165) is 0 Å². The number of rotatable bonds is 7. The molecule has 12 nitrogen and oxygen atoms in total. The number of aliphatic carboxylic acids is 1. The third-order valence-corrected chi connectivity index (χ3v) is 8.17. The van der Waals surface area contributed by atoms with Gasteiger partial charge < -0.3 is 19.7 Å². The number of carbonyl (C=O) groups is 4. The third kappa shape index (κ3) is 4.39. The molecule has 4 rings (SSSR count). The molecule has 1 unspecified atom stereocenters. The van der Waals surface area contributed by atoms with Crippen LogP contribution in [-0.2, 0) is 31.0 Å². The van der Waals surface area contributed by atoms with Crippen LogP contribution in [0.2, 0.25) is 0 Å². The molecule has 2 aliphatic rings. The Kier molecular flexibility index (Phi) is 6.15. The van der Waals surface area contributed by atoms with Crippen molar-refractivity contribution in [3.05, 3.63) is 54.0 Å². The van der Waals surface area contributed by atoms with Crippen molar-refractivity contribution < 1.29 is 37.1 Å². The molecule has 0 radical (unpaired) electrons. The Balaban J connectivity index is 1.55. The first-order chi connectivity index (χ1) is 16.3. The molecule has 3 amide bonds. The van der Waals surface area contributed by atoms with Crippen molar-refractivity contribution in [2.75, 3.05) is 4.31 Å². The second kappa shape index (κ2) is 8.70. The molecular formula is C21H22N4O8S2. The van der Waals surface area contributed by atoms with Crippen molar-refractivity contribution in [2.45, 2.75) is 42.5 Å². The highest BCUT2D eigenvalue weighted by Crippen LogP contribution is 2.50. The Morgan fingerprint density at radius 1 is 1.23 bits per heavy atom. The zero-order chi connectivity index (χ0) is 25.7. The van der Waals surface area contributed by atoms with E-state index >= 15 is 0 Å². The molecule has 0 bridgehead atoms. The summed E-state index contributed by atoms with van der Waals surface area (Å²) in [6.07, 6.45) is 0.824. The topological polar surface area (TPSA) is 180 Å². The summed E-state index contributed by atoms with van der Waals surface area (Å²) >= 11 is 1.28. The molecule has 2 saturated heterocycles. The number of anilines is 1. The number of benzene rings is 1. The van der Waals surface area contributed by atoms with Gasteiger partial charge in [0, 0.05) is 4.75 Å². The van der Waals surface area contributed by atoms with Crippen LogP contribution in [0.25, 0.3) is 0 Å². The van der Waals surface area contributed by atoms with Crippen LogP contribution in [0.15, 0.2) is 47.1 Å². The van der Waals surface area contributed by atoms with Gasteiger partial charge >= 0.3 is 22.1 Å². The van der Waals surface area contributed by atoms with Crippen molar-refractivity contribution >= 4 is 51.3 Å². The molecule has 0 spiro atoms. The van der Waals surface area contributed by atoms with Gasteiger partial charge in [-0.1, -0.05) is 18.2 Å². The number of nitrogens with one attached hydrogen (secondary N) is 1. The summed E-state index contributed by atoms with van der Waals surface area (Å²) in [5.74, 6) is -3.57. The fourth-order valence-electron chi connectivity index (χ4n) is 4.26. The smallest absolute Gasteiger partial charge is 0.327 e. The fourth-order valence-corrected chi connectivity index (χ4v) is 6.66. The largest absolute Gasteiger partial charge is 0.480 e. The molecule has 1 aromatic heterocycles. The van der Waals surface area contributed by atoms with Gasteiger partial charge in [-0.15, -0.1) is 11.8 Å². The summed E-state index contributed by atoms with van der Waals surface area (Å²) in [5, 5.41) is 16.9. The normalized spacial score (nSPS) is 22.8. The van der Waals surface area contributed by atoms with E-state index in [2.05, 4.69) is 5.32 Å². The van der Waals surface area contributed by atoms with Gasteiger partial charge in [0.25, 0.3) is 0 Å². The van der Waals surface area contributed by atoms with E-state index in [4.69, 9.17) is 9.56 Å². The first-order valence-electron chi connectivity index (χ1n) is 10.3. The van der Waals surface area contributed by atoms with Gasteiger partial charge in [0.2, 0.25) is 11.8 Å². The van der Waals surface area contributed by atoms with Crippen LogP contribution in [0.5, 0.6) is 0 Å². The minimum absolute atomic E-state index is 0.143. The predicted molar refractivity (Wildman–Crippen MR) is 124 cm³/mol. The summed E-state index contributed by atoms with van der Waals surface area (Å²) in [7, 11) is -4.59. The highest BCUT2D eigenvalue weighted by Gasteiger charge is 2.64. The summed E-state index contributed by atoms with van der Waals surface area (Å²) in [6, 6.07) is 6.52. The van der Waals surface area contributed by atoms with Gasteiger partial charge in [0.15, 0.2) is 5.76 Å². The third-order valence-electron chi connectivity index (χ3n) is 5.72. The van der Waals surface area contributed by atoms with Crippen molar-refractivity contribution in [3.8, 4) is 0 Å². The van der Waals surface area contributed by atoms with Gasteiger partial charge in [-0.25, -0.2) is 9.93 Å². The molecule has 2 aliphatic heterocycles. The molecule has 1 aromatic carbocycles. The van der Waals surface area contributed by atoms with Gasteiger partial charge in [0.05, 0.1) is 18.4 Å². The number of carbonyl (C=O) groups excluding carboxylic acids is 3. The average molecular weight is 523 g/mol. The van der Waals surface area contributed by atoms with Gasteiger partial charge in [-0.2, -0.15) is 12.7 Å². The van der Waals surface area contributed by atoms with E-state index in [-0.39, 0.29) is 23.4 Å². The van der Waals surface area contributed by atoms with E-state index in [9.17, 15) is 32.7 Å². The number of nitrogens with zero attached hydrogens (tertiary/aromatic N) is 2. The quantitative estimate of drug-likeness (QED) is 0.431. The lowest BCUT2D eigenvalue weighted by molar-refractivity contribution is -0.161. The van der Waals surface area contributed by atoms with Crippen LogP contribution in [-0.4, -0.2) is 64.3 Å². The molecule has 2 fully saturated rings. The maximum Gasteiger partial charge on any atom is 0.327 e. The number of furan rings is 1. The number of nitrogens with two attached hydrogens (primary N) is 1. The first kappa shape index (κ1) is 24.8. The minimum atomic E-state index is -4.59. The summed E-state index contributed by atoms with van der Waals surface area (Å²) in [6.45, 7) is 3.43. The summed E-state index contributed by atoms with van der Waals surface area (Å²) < 4.78 is 29.2. The van der Waals surface area contributed by atoms with Crippen LogP contribution in [0.3, 0.4) is 0 Å². The van der Waals surface area contributed by atoms with Crippen LogP contribution in [0, 0.1) is 0 Å². The molecule has 3 heterocycles. The number of thioether (sulfide) groups is 1. The molecule has 0 saturated carbocycles. The molecule has 0 aliphatic carbocycles. The van der Waals surface area contributed by atoms with Crippen molar-refractivity contribution in [1.82, 2.24) is 10.2 Å². The van der Waals surface area contributed by atoms with Crippen molar-refractivity contribution in [1.29, 1.82) is 0 Å². The van der Waals surface area contributed by atoms with E-state index in [1.54, 1.807) is 19.9 Å². The monoisotopic (exact) mass is 522 g/mol. The number of β-lactam (4-membered cyclic amide) rings is 1. The molecule has 2 aromatic rings. The maximum absolute atomic E-state index is 12.8. The van der Waals surface area contributed by atoms with Crippen LogP contribution in [0.4, 0.5) is 5.69 Å². The average Bonchev–Trinajstić information content (AvgIpc) is 3.37. The maximum atomic E-state index is 12.8. The van der Waals surface area contributed by atoms with Crippen molar-refractivity contribution in [2.24, 2.45) is 5.14 Å². The second-order valence-electron chi connectivity index (χ2n) is 8.54. The van der Waals surface area contributed by atoms with E-state index in [1.165, 1.54) is 53.3 Å². The molecule has 14 heteroatoms. The lowest BCUT2D eigenvalue weighted by Crippen LogP contribution is -2.70. The Labute approximate surface area is 204 Å². The number of hydrogen-bond donors (Lipinski definition) is 3. The van der Waals surface area contributed by atoms with E-state index < -0.39 is 56.1 Å². The zero-order valence-corrected chi connectivity index (χ0v) is 20.2. The van der Waals surface area contributed by atoms with Gasteiger partial charge in [-0.3, -0.25) is 14.4 Å². The van der Waals surface area contributed by atoms with Crippen molar-refractivity contribution in [3.63, 3.8) is 0 Å². The lowest BCUT2D eigenvalue weighted by Gasteiger charge is -2.43. The second-order valence-corrected chi connectivity index (χ2v) is 11.7. The number of carboxylic acid groups (broad SMARTS) is 1. The zero-order valence-electron chi connectivity index (χ0n) is 18.6. The highest BCUT2D eigenvalue weighted by molar-refractivity contribution is 8.01. The van der Waals surface area contributed by atoms with Gasteiger partial charge in [0.1, 0.15) is 17.5 Å². The Bertz CT molecular complexity index is 1310.